The lowest BCUT2D eigenvalue weighted by Crippen LogP contribution is -2.28. The number of anilines is 1. The zero-order valence-electron chi connectivity index (χ0n) is 8.37. The van der Waals surface area contributed by atoms with Crippen LogP contribution in [0.1, 0.15) is 23.2 Å². The Bertz CT molecular complexity index is 386. The van der Waals surface area contributed by atoms with Gasteiger partial charge in [0.25, 0.3) is 5.91 Å². The van der Waals surface area contributed by atoms with Crippen LogP contribution in [-0.2, 0) is 0 Å². The summed E-state index contributed by atoms with van der Waals surface area (Å²) in [6, 6.07) is 4.18. The number of benzene rings is 1. The second kappa shape index (κ2) is 3.88. The van der Waals surface area contributed by atoms with Crippen LogP contribution < -0.4 is 5.73 Å². The molecule has 0 radical (unpaired) electrons. The average molecular weight is 208 g/mol. The molecular weight excluding hydrogens is 195 g/mol. The molecule has 3 nitrogen and oxygen atoms in total. The van der Waals surface area contributed by atoms with Crippen molar-refractivity contribution in [1.82, 2.24) is 4.90 Å². The molecule has 2 rings (SSSR count). The van der Waals surface area contributed by atoms with Gasteiger partial charge >= 0.3 is 0 Å². The average Bonchev–Trinajstić information content (AvgIpc) is 2.69. The maximum absolute atomic E-state index is 13.4. The van der Waals surface area contributed by atoms with E-state index in [9.17, 15) is 9.18 Å². The Morgan fingerprint density at radius 3 is 2.60 bits per heavy atom. The first-order valence-corrected chi connectivity index (χ1v) is 5.03. The molecule has 2 N–H and O–H groups in total. The lowest BCUT2D eigenvalue weighted by molar-refractivity contribution is 0.0788. The van der Waals surface area contributed by atoms with Gasteiger partial charge in [-0.05, 0) is 31.0 Å². The topological polar surface area (TPSA) is 46.3 Å². The molecule has 1 fully saturated rings. The zero-order valence-corrected chi connectivity index (χ0v) is 8.37. The summed E-state index contributed by atoms with van der Waals surface area (Å²) < 4.78 is 13.4. The molecule has 1 amide bonds. The monoisotopic (exact) mass is 208 g/mol. The molecular formula is C11H13FN2O. The second-order valence-electron chi connectivity index (χ2n) is 3.74. The molecule has 15 heavy (non-hydrogen) atoms. The number of likely N-dealkylation sites (tertiary alicyclic amines) is 1. The first-order valence-electron chi connectivity index (χ1n) is 5.03. The standard InChI is InChI=1S/C11H13FN2O/c12-10-7-8(13)3-4-9(10)11(15)14-5-1-2-6-14/h3-4,7H,1-2,5-6,13H2. The molecule has 80 valence electrons. The Hall–Kier alpha value is -1.58. The predicted octanol–water partition coefficient (Wildman–Crippen LogP) is 1.64. The summed E-state index contributed by atoms with van der Waals surface area (Å²) in [5.41, 5.74) is 5.87. The van der Waals surface area contributed by atoms with Gasteiger partial charge in [0, 0.05) is 18.8 Å². The summed E-state index contributed by atoms with van der Waals surface area (Å²) in [7, 11) is 0. The number of nitrogens with two attached hydrogens (primary N) is 1. The van der Waals surface area contributed by atoms with Crippen molar-refractivity contribution < 1.29 is 9.18 Å². The third-order valence-electron chi connectivity index (χ3n) is 2.62. The Labute approximate surface area is 87.7 Å². The number of carbonyl (C=O) groups is 1. The van der Waals surface area contributed by atoms with E-state index in [0.717, 1.165) is 25.9 Å². The molecule has 1 heterocycles. The Morgan fingerprint density at radius 1 is 1.33 bits per heavy atom. The molecule has 0 aliphatic carbocycles. The highest BCUT2D eigenvalue weighted by atomic mass is 19.1. The van der Waals surface area contributed by atoms with Crippen molar-refractivity contribution in [1.29, 1.82) is 0 Å². The van der Waals surface area contributed by atoms with Crippen molar-refractivity contribution >= 4 is 11.6 Å². The van der Waals surface area contributed by atoms with Crippen LogP contribution in [0.2, 0.25) is 0 Å². The van der Waals surface area contributed by atoms with Gasteiger partial charge in [-0.15, -0.1) is 0 Å². The molecule has 1 saturated heterocycles. The summed E-state index contributed by atoms with van der Waals surface area (Å²) in [6.07, 6.45) is 2.00. The molecule has 0 spiro atoms. The Kier molecular flexibility index (Phi) is 2.58. The molecule has 1 aliphatic heterocycles. The lowest BCUT2D eigenvalue weighted by atomic mass is 10.1. The summed E-state index contributed by atoms with van der Waals surface area (Å²) in [5, 5.41) is 0. The predicted molar refractivity (Wildman–Crippen MR) is 55.9 cm³/mol. The number of rotatable bonds is 1. The van der Waals surface area contributed by atoms with Crippen LogP contribution in [0.5, 0.6) is 0 Å². The summed E-state index contributed by atoms with van der Waals surface area (Å²) in [5.74, 6) is -0.767. The normalized spacial score (nSPS) is 15.7. The van der Waals surface area contributed by atoms with E-state index >= 15 is 0 Å². The number of halogens is 1. The van der Waals surface area contributed by atoms with Gasteiger partial charge in [-0.2, -0.15) is 0 Å². The minimum atomic E-state index is -0.535. The van der Waals surface area contributed by atoms with Gasteiger partial charge in [0.05, 0.1) is 5.56 Å². The van der Waals surface area contributed by atoms with E-state index in [1.54, 1.807) is 11.0 Å². The molecule has 0 atom stereocenters. The number of carbonyl (C=O) groups excluding carboxylic acids is 1. The largest absolute Gasteiger partial charge is 0.399 e. The highest BCUT2D eigenvalue weighted by Crippen LogP contribution is 2.17. The van der Waals surface area contributed by atoms with E-state index in [2.05, 4.69) is 0 Å². The van der Waals surface area contributed by atoms with Crippen LogP contribution in [0, 0.1) is 5.82 Å². The summed E-state index contributed by atoms with van der Waals surface area (Å²) in [6.45, 7) is 1.45. The van der Waals surface area contributed by atoms with Crippen LogP contribution in [0.4, 0.5) is 10.1 Å². The van der Waals surface area contributed by atoms with Crippen molar-refractivity contribution in [3.05, 3.63) is 29.6 Å². The number of nitrogens with zero attached hydrogens (tertiary/aromatic N) is 1. The van der Waals surface area contributed by atoms with Gasteiger partial charge in [0.15, 0.2) is 0 Å². The van der Waals surface area contributed by atoms with Gasteiger partial charge < -0.3 is 10.6 Å². The Morgan fingerprint density at radius 2 is 2.00 bits per heavy atom. The summed E-state index contributed by atoms with van der Waals surface area (Å²) >= 11 is 0. The maximum atomic E-state index is 13.4. The van der Waals surface area contributed by atoms with Gasteiger partial charge in [-0.3, -0.25) is 4.79 Å². The highest BCUT2D eigenvalue weighted by Gasteiger charge is 2.21. The fourth-order valence-corrected chi connectivity index (χ4v) is 1.80. The van der Waals surface area contributed by atoms with Crippen molar-refractivity contribution in [2.24, 2.45) is 0 Å². The third-order valence-corrected chi connectivity index (χ3v) is 2.62. The molecule has 4 heteroatoms. The number of hydrogen-bond acceptors (Lipinski definition) is 2. The van der Waals surface area contributed by atoms with Crippen molar-refractivity contribution in [2.45, 2.75) is 12.8 Å². The molecule has 0 unspecified atom stereocenters. The van der Waals surface area contributed by atoms with Crippen molar-refractivity contribution in [3.63, 3.8) is 0 Å². The van der Waals surface area contributed by atoms with Gasteiger partial charge in [0.2, 0.25) is 0 Å². The highest BCUT2D eigenvalue weighted by molar-refractivity contribution is 5.95. The SMILES string of the molecule is Nc1ccc(C(=O)N2CCCC2)c(F)c1. The maximum Gasteiger partial charge on any atom is 0.256 e. The first kappa shape index (κ1) is 9.96. The Balaban J connectivity index is 2.24. The van der Waals surface area contributed by atoms with E-state index in [0.29, 0.717) is 5.69 Å². The molecule has 0 saturated carbocycles. The molecule has 1 aromatic carbocycles. The minimum Gasteiger partial charge on any atom is -0.399 e. The fraction of sp³-hybridized carbons (Fsp3) is 0.364. The van der Waals surface area contributed by atoms with Crippen LogP contribution in [0.3, 0.4) is 0 Å². The van der Waals surface area contributed by atoms with E-state index in [1.807, 2.05) is 0 Å². The third kappa shape index (κ3) is 1.93. The van der Waals surface area contributed by atoms with Crippen molar-refractivity contribution in [3.8, 4) is 0 Å². The lowest BCUT2D eigenvalue weighted by Gasteiger charge is -2.15. The smallest absolute Gasteiger partial charge is 0.256 e. The van der Waals surface area contributed by atoms with Gasteiger partial charge in [0.1, 0.15) is 5.82 Å². The van der Waals surface area contributed by atoms with E-state index in [4.69, 9.17) is 5.73 Å². The number of amides is 1. The van der Waals surface area contributed by atoms with E-state index < -0.39 is 5.82 Å². The van der Waals surface area contributed by atoms with Crippen LogP contribution >= 0.6 is 0 Å². The summed E-state index contributed by atoms with van der Waals surface area (Å²) in [4.78, 5) is 13.5. The zero-order chi connectivity index (χ0) is 10.8. The van der Waals surface area contributed by atoms with Gasteiger partial charge in [-0.25, -0.2) is 4.39 Å². The van der Waals surface area contributed by atoms with E-state index in [1.165, 1.54) is 12.1 Å². The first-order chi connectivity index (χ1) is 7.18. The van der Waals surface area contributed by atoms with Crippen LogP contribution in [-0.4, -0.2) is 23.9 Å². The molecule has 1 aromatic rings. The van der Waals surface area contributed by atoms with E-state index in [-0.39, 0.29) is 11.5 Å². The van der Waals surface area contributed by atoms with Crippen molar-refractivity contribution in [2.75, 3.05) is 18.8 Å². The molecule has 0 bridgehead atoms. The fourth-order valence-electron chi connectivity index (χ4n) is 1.80. The number of hydrogen-bond donors (Lipinski definition) is 1. The second-order valence-corrected chi connectivity index (χ2v) is 3.74. The van der Waals surface area contributed by atoms with Gasteiger partial charge in [-0.1, -0.05) is 0 Å². The molecule has 0 aromatic heterocycles. The molecule has 1 aliphatic rings. The number of nitrogen functional groups attached to an aromatic ring is 1. The van der Waals surface area contributed by atoms with Crippen LogP contribution in [0.25, 0.3) is 0 Å². The van der Waals surface area contributed by atoms with Crippen LogP contribution in [0.15, 0.2) is 18.2 Å². The minimum absolute atomic E-state index is 0.117. The quantitative estimate of drug-likeness (QED) is 0.713.